The predicted octanol–water partition coefficient (Wildman–Crippen LogP) is 3.46. The molecular weight excluding hydrogens is 437 g/mol. The first kappa shape index (κ1) is 17.6. The molecule has 1 amide bonds. The molecule has 3 aromatic heterocycles. The lowest BCUT2D eigenvalue weighted by Crippen LogP contribution is -2.21. The fourth-order valence-electron chi connectivity index (χ4n) is 2.69. The molecule has 0 aliphatic carbocycles. The first-order chi connectivity index (χ1) is 13.0. The molecule has 7 nitrogen and oxygen atoms in total. The number of benzene rings is 1. The molecule has 0 radical (unpaired) electrons. The molecule has 0 aliphatic rings. The van der Waals surface area contributed by atoms with E-state index >= 15 is 0 Å². The smallest absolute Gasteiger partial charge is 0.252 e. The number of halogens is 2. The van der Waals surface area contributed by atoms with Crippen LogP contribution in [0.1, 0.15) is 5.56 Å². The molecular formula is C17H11BrFN5O2S. The van der Waals surface area contributed by atoms with Gasteiger partial charge in [-0.1, -0.05) is 6.07 Å². The average molecular weight is 448 g/mol. The first-order valence-corrected chi connectivity index (χ1v) is 9.43. The van der Waals surface area contributed by atoms with E-state index in [0.29, 0.717) is 21.9 Å². The molecule has 136 valence electrons. The third-order valence-electron chi connectivity index (χ3n) is 3.91. The van der Waals surface area contributed by atoms with Gasteiger partial charge >= 0.3 is 0 Å². The van der Waals surface area contributed by atoms with Crippen molar-refractivity contribution in [1.29, 1.82) is 0 Å². The number of nitrogens with one attached hydrogen (secondary N) is 3. The van der Waals surface area contributed by atoms with Crippen LogP contribution in [0.15, 0.2) is 45.2 Å². The lowest BCUT2D eigenvalue weighted by atomic mass is 10.1. The van der Waals surface area contributed by atoms with Gasteiger partial charge in [0, 0.05) is 20.8 Å². The minimum atomic E-state index is -0.458. The molecule has 27 heavy (non-hydrogen) atoms. The Morgan fingerprint density at radius 1 is 1.37 bits per heavy atom. The highest BCUT2D eigenvalue weighted by molar-refractivity contribution is 9.10. The molecule has 0 spiro atoms. The van der Waals surface area contributed by atoms with E-state index in [1.165, 1.54) is 35.9 Å². The second-order valence-electron chi connectivity index (χ2n) is 5.67. The van der Waals surface area contributed by atoms with Crippen LogP contribution in [0, 0.1) is 5.82 Å². The van der Waals surface area contributed by atoms with Gasteiger partial charge in [0.2, 0.25) is 5.91 Å². The molecule has 4 aromatic rings. The van der Waals surface area contributed by atoms with E-state index in [0.717, 1.165) is 4.47 Å². The highest BCUT2D eigenvalue weighted by Crippen LogP contribution is 2.38. The number of fused-ring (bicyclic) bond motifs is 1. The average Bonchev–Trinajstić information content (AvgIpc) is 3.26. The van der Waals surface area contributed by atoms with E-state index in [9.17, 15) is 14.0 Å². The minimum absolute atomic E-state index is 0.182. The number of pyridine rings is 1. The molecule has 10 heteroatoms. The van der Waals surface area contributed by atoms with E-state index in [1.54, 1.807) is 6.07 Å². The molecule has 1 aromatic carbocycles. The summed E-state index contributed by atoms with van der Waals surface area (Å²) in [6, 6.07) is 5.83. The number of thiophene rings is 1. The Hall–Kier alpha value is -2.85. The van der Waals surface area contributed by atoms with Crippen molar-refractivity contribution in [2.24, 2.45) is 0 Å². The molecule has 0 bridgehead atoms. The second-order valence-corrected chi connectivity index (χ2v) is 7.41. The SMILES string of the molecule is O=C(Cc1cc2c(F)cccc2[nH]c1=O)Nc1scc(Br)c1-c1ncn[nH]1. The van der Waals surface area contributed by atoms with E-state index in [4.69, 9.17) is 0 Å². The van der Waals surface area contributed by atoms with Crippen molar-refractivity contribution < 1.29 is 9.18 Å². The first-order valence-electron chi connectivity index (χ1n) is 7.76. The van der Waals surface area contributed by atoms with Crippen molar-refractivity contribution in [3.05, 3.63) is 62.2 Å². The summed E-state index contributed by atoms with van der Waals surface area (Å²) in [4.78, 5) is 31.4. The molecule has 3 N–H and O–H groups in total. The molecule has 0 aliphatic heterocycles. The summed E-state index contributed by atoms with van der Waals surface area (Å²) in [5, 5.41) is 12.0. The second kappa shape index (κ2) is 7.05. The van der Waals surface area contributed by atoms with Gasteiger partial charge in [-0.2, -0.15) is 5.10 Å². The van der Waals surface area contributed by atoms with Gasteiger partial charge in [-0.3, -0.25) is 14.7 Å². The number of rotatable bonds is 4. The van der Waals surface area contributed by atoms with Crippen molar-refractivity contribution in [3.63, 3.8) is 0 Å². The zero-order valence-corrected chi connectivity index (χ0v) is 15.9. The number of hydrogen-bond donors (Lipinski definition) is 3. The molecule has 3 heterocycles. The Morgan fingerprint density at radius 3 is 3.00 bits per heavy atom. The van der Waals surface area contributed by atoms with Crippen LogP contribution < -0.4 is 10.9 Å². The van der Waals surface area contributed by atoms with Gasteiger partial charge in [0.05, 0.1) is 17.5 Å². The van der Waals surface area contributed by atoms with Gasteiger partial charge in [-0.05, 0) is 34.1 Å². The lowest BCUT2D eigenvalue weighted by molar-refractivity contribution is -0.115. The van der Waals surface area contributed by atoms with Gasteiger partial charge < -0.3 is 10.3 Å². The van der Waals surface area contributed by atoms with Crippen molar-refractivity contribution in [2.45, 2.75) is 6.42 Å². The fourth-order valence-corrected chi connectivity index (χ4v) is 4.32. The number of aromatic nitrogens is 4. The molecule has 0 atom stereocenters. The van der Waals surface area contributed by atoms with Crippen molar-refractivity contribution in [2.75, 3.05) is 5.32 Å². The van der Waals surface area contributed by atoms with E-state index in [-0.39, 0.29) is 17.4 Å². The third-order valence-corrected chi connectivity index (χ3v) is 5.74. The van der Waals surface area contributed by atoms with Gasteiger partial charge in [0.25, 0.3) is 5.56 Å². The number of amides is 1. The van der Waals surface area contributed by atoms with Gasteiger partial charge in [-0.15, -0.1) is 11.3 Å². The number of carbonyl (C=O) groups excluding carboxylic acids is 1. The summed E-state index contributed by atoms with van der Waals surface area (Å²) in [7, 11) is 0. The standard InChI is InChI=1S/C17H11BrFN5O2S/c18-10-6-27-17(14(10)15-20-7-21-24-15)23-13(25)5-8-4-9-11(19)2-1-3-12(9)22-16(8)26/h1-4,6-7H,5H2,(H,22,26)(H,23,25)(H,20,21,24). The van der Waals surface area contributed by atoms with Gasteiger partial charge in [-0.25, -0.2) is 9.37 Å². The maximum absolute atomic E-state index is 14.0. The summed E-state index contributed by atoms with van der Waals surface area (Å²) < 4.78 is 14.7. The monoisotopic (exact) mass is 447 g/mol. The Bertz CT molecular complexity index is 1200. The lowest BCUT2D eigenvalue weighted by Gasteiger charge is -2.07. The van der Waals surface area contributed by atoms with Crippen LogP contribution in [-0.2, 0) is 11.2 Å². The van der Waals surface area contributed by atoms with Crippen molar-refractivity contribution >= 4 is 49.1 Å². The summed E-state index contributed by atoms with van der Waals surface area (Å²) >= 11 is 4.73. The molecule has 0 saturated carbocycles. The predicted molar refractivity (Wildman–Crippen MR) is 104 cm³/mol. The Morgan fingerprint density at radius 2 is 2.22 bits per heavy atom. The number of nitrogens with zero attached hydrogens (tertiary/aromatic N) is 2. The Balaban J connectivity index is 1.61. The van der Waals surface area contributed by atoms with Gasteiger partial charge in [0.1, 0.15) is 17.1 Å². The van der Waals surface area contributed by atoms with Crippen LogP contribution in [0.5, 0.6) is 0 Å². The number of anilines is 1. The summed E-state index contributed by atoms with van der Waals surface area (Å²) in [6.07, 6.45) is 1.18. The van der Waals surface area contributed by atoms with Crippen LogP contribution in [0.4, 0.5) is 9.39 Å². The highest BCUT2D eigenvalue weighted by atomic mass is 79.9. The largest absolute Gasteiger partial charge is 0.322 e. The molecule has 0 saturated heterocycles. The summed E-state index contributed by atoms with van der Waals surface area (Å²) in [5.41, 5.74) is 0.816. The van der Waals surface area contributed by atoms with Crippen molar-refractivity contribution in [1.82, 2.24) is 20.2 Å². The maximum Gasteiger partial charge on any atom is 0.252 e. The number of carbonyl (C=O) groups is 1. The van der Waals surface area contributed by atoms with Crippen LogP contribution >= 0.6 is 27.3 Å². The van der Waals surface area contributed by atoms with Crippen LogP contribution in [0.25, 0.3) is 22.3 Å². The normalized spacial score (nSPS) is 11.0. The molecule has 4 rings (SSSR count). The number of hydrogen-bond acceptors (Lipinski definition) is 5. The molecule has 0 fully saturated rings. The zero-order valence-electron chi connectivity index (χ0n) is 13.5. The fraction of sp³-hybridized carbons (Fsp3) is 0.0588. The number of aromatic amines is 2. The minimum Gasteiger partial charge on any atom is -0.322 e. The van der Waals surface area contributed by atoms with Gasteiger partial charge in [0.15, 0.2) is 5.82 Å². The third kappa shape index (κ3) is 3.40. The van der Waals surface area contributed by atoms with Crippen molar-refractivity contribution in [3.8, 4) is 11.4 Å². The molecule has 0 unspecified atom stereocenters. The maximum atomic E-state index is 14.0. The Labute approximate surface area is 163 Å². The topological polar surface area (TPSA) is 104 Å². The van der Waals surface area contributed by atoms with E-state index in [2.05, 4.69) is 41.4 Å². The summed E-state index contributed by atoms with van der Waals surface area (Å²) in [6.45, 7) is 0. The van der Waals surface area contributed by atoms with Crippen LogP contribution in [0.2, 0.25) is 0 Å². The zero-order chi connectivity index (χ0) is 19.0. The number of H-pyrrole nitrogens is 2. The Kier molecular flexibility index (Phi) is 4.58. The van der Waals surface area contributed by atoms with E-state index in [1.807, 2.05) is 5.38 Å². The van der Waals surface area contributed by atoms with E-state index < -0.39 is 17.3 Å². The van der Waals surface area contributed by atoms with Crippen LogP contribution in [-0.4, -0.2) is 26.1 Å². The summed E-state index contributed by atoms with van der Waals surface area (Å²) in [5.74, 6) is -0.351. The van der Waals surface area contributed by atoms with Crippen LogP contribution in [0.3, 0.4) is 0 Å². The highest BCUT2D eigenvalue weighted by Gasteiger charge is 2.18. The quantitative estimate of drug-likeness (QED) is 0.445.